The van der Waals surface area contributed by atoms with Crippen molar-refractivity contribution in [3.8, 4) is 0 Å². The first-order valence-electron chi connectivity index (χ1n) is 7.57. The minimum absolute atomic E-state index is 0.546. The molecule has 0 aromatic rings. The predicted molar refractivity (Wildman–Crippen MR) is 76.6 cm³/mol. The second kappa shape index (κ2) is 14.0. The Morgan fingerprint density at radius 1 is 0.882 bits per heavy atom. The second-order valence-corrected chi connectivity index (χ2v) is 4.99. The first kappa shape index (κ1) is 16.9. The normalized spacial score (nSPS) is 12.9. The molecule has 0 aliphatic carbocycles. The number of hydrogen-bond acceptors (Lipinski definition) is 2. The lowest BCUT2D eigenvalue weighted by molar-refractivity contribution is 0.164. The summed E-state index contributed by atoms with van der Waals surface area (Å²) in [6, 6.07) is 0.546. The first-order chi connectivity index (χ1) is 8.35. The van der Waals surface area contributed by atoms with Crippen LogP contribution < -0.4 is 5.32 Å². The molecule has 0 saturated carbocycles. The van der Waals surface area contributed by atoms with E-state index in [1.165, 1.54) is 51.4 Å². The quantitative estimate of drug-likeness (QED) is 0.491. The molecule has 0 aromatic carbocycles. The number of nitrogens with one attached hydrogen (secondary N) is 1. The molecule has 0 aliphatic rings. The summed E-state index contributed by atoms with van der Waals surface area (Å²) in [5.74, 6) is 0. The summed E-state index contributed by atoms with van der Waals surface area (Å²) < 4.78 is 5.17. The molecule has 0 spiro atoms. The van der Waals surface area contributed by atoms with Gasteiger partial charge < -0.3 is 10.1 Å². The highest BCUT2D eigenvalue weighted by Crippen LogP contribution is 2.08. The van der Waals surface area contributed by atoms with Crippen LogP contribution in [0.3, 0.4) is 0 Å². The Balaban J connectivity index is 3.11. The van der Waals surface area contributed by atoms with Crippen LogP contribution in [0.5, 0.6) is 0 Å². The van der Waals surface area contributed by atoms with Crippen molar-refractivity contribution in [2.24, 2.45) is 0 Å². The van der Waals surface area contributed by atoms with E-state index in [9.17, 15) is 0 Å². The summed E-state index contributed by atoms with van der Waals surface area (Å²) in [5.41, 5.74) is 0. The van der Waals surface area contributed by atoms with E-state index in [4.69, 9.17) is 4.74 Å². The smallest absolute Gasteiger partial charge is 0.0615 e. The third-order valence-electron chi connectivity index (χ3n) is 3.32. The van der Waals surface area contributed by atoms with Crippen LogP contribution in [0, 0.1) is 0 Å². The van der Waals surface area contributed by atoms with Gasteiger partial charge in [0.1, 0.15) is 0 Å². The fraction of sp³-hybridized carbons (Fsp3) is 1.00. The second-order valence-electron chi connectivity index (χ2n) is 4.99. The molecule has 0 rings (SSSR count). The van der Waals surface area contributed by atoms with Gasteiger partial charge in [-0.05, 0) is 19.4 Å². The molecule has 104 valence electrons. The fourth-order valence-electron chi connectivity index (χ4n) is 2.09. The maximum absolute atomic E-state index is 5.17. The fourth-order valence-corrected chi connectivity index (χ4v) is 2.09. The van der Waals surface area contributed by atoms with Gasteiger partial charge in [-0.1, -0.05) is 58.8 Å². The number of methoxy groups -OCH3 is 1. The van der Waals surface area contributed by atoms with Gasteiger partial charge in [0, 0.05) is 13.2 Å². The van der Waals surface area contributed by atoms with Gasteiger partial charge >= 0.3 is 0 Å². The van der Waals surface area contributed by atoms with Gasteiger partial charge in [-0.25, -0.2) is 0 Å². The molecule has 2 nitrogen and oxygen atoms in total. The molecule has 1 N–H and O–H groups in total. The molecule has 0 aromatic heterocycles. The lowest BCUT2D eigenvalue weighted by Gasteiger charge is -2.15. The summed E-state index contributed by atoms with van der Waals surface area (Å²) in [6.45, 7) is 6.48. The Kier molecular flexibility index (Phi) is 13.9. The van der Waals surface area contributed by atoms with Crippen molar-refractivity contribution in [2.45, 2.75) is 77.7 Å². The standard InChI is InChI=1S/C15H33NO/c1-4-6-7-8-9-10-11-12-13-16-15(5-2)14-17-3/h15-16H,4-14H2,1-3H3. The molecular weight excluding hydrogens is 210 g/mol. The minimum Gasteiger partial charge on any atom is -0.383 e. The van der Waals surface area contributed by atoms with E-state index in [0.29, 0.717) is 6.04 Å². The first-order valence-corrected chi connectivity index (χ1v) is 7.57. The molecule has 2 heteroatoms. The van der Waals surface area contributed by atoms with Crippen LogP contribution in [0.1, 0.15) is 71.6 Å². The van der Waals surface area contributed by atoms with Crippen molar-refractivity contribution < 1.29 is 4.74 Å². The molecular formula is C15H33NO. The van der Waals surface area contributed by atoms with Crippen LogP contribution in [0.2, 0.25) is 0 Å². The Morgan fingerprint density at radius 2 is 1.47 bits per heavy atom. The lowest BCUT2D eigenvalue weighted by atomic mass is 10.1. The van der Waals surface area contributed by atoms with Crippen molar-refractivity contribution in [1.82, 2.24) is 5.32 Å². The Morgan fingerprint density at radius 3 is 2.00 bits per heavy atom. The number of unbranched alkanes of at least 4 members (excludes halogenated alkanes) is 7. The highest BCUT2D eigenvalue weighted by molar-refractivity contribution is 4.63. The van der Waals surface area contributed by atoms with Crippen molar-refractivity contribution in [3.05, 3.63) is 0 Å². The molecule has 0 amide bonds. The van der Waals surface area contributed by atoms with E-state index in [-0.39, 0.29) is 0 Å². The monoisotopic (exact) mass is 243 g/mol. The molecule has 0 radical (unpaired) electrons. The predicted octanol–water partition coefficient (Wildman–Crippen LogP) is 4.14. The maximum Gasteiger partial charge on any atom is 0.0615 e. The number of rotatable bonds is 13. The third-order valence-corrected chi connectivity index (χ3v) is 3.32. The number of hydrogen-bond donors (Lipinski definition) is 1. The van der Waals surface area contributed by atoms with Crippen LogP contribution >= 0.6 is 0 Å². The van der Waals surface area contributed by atoms with Crippen LogP contribution in [-0.4, -0.2) is 26.3 Å². The summed E-state index contributed by atoms with van der Waals surface area (Å²) in [4.78, 5) is 0. The topological polar surface area (TPSA) is 21.3 Å². The van der Waals surface area contributed by atoms with Crippen LogP contribution in [-0.2, 0) is 4.74 Å². The molecule has 1 unspecified atom stereocenters. The summed E-state index contributed by atoms with van der Waals surface area (Å²) in [6.07, 6.45) is 12.3. The minimum atomic E-state index is 0.546. The molecule has 0 saturated heterocycles. The molecule has 17 heavy (non-hydrogen) atoms. The van der Waals surface area contributed by atoms with Crippen LogP contribution in [0.15, 0.2) is 0 Å². The molecule has 0 heterocycles. The third kappa shape index (κ3) is 12.2. The van der Waals surface area contributed by atoms with Gasteiger partial charge in [0.25, 0.3) is 0 Å². The zero-order valence-corrected chi connectivity index (χ0v) is 12.3. The van der Waals surface area contributed by atoms with E-state index >= 15 is 0 Å². The highest BCUT2D eigenvalue weighted by Gasteiger charge is 2.03. The van der Waals surface area contributed by atoms with Gasteiger partial charge in [0.15, 0.2) is 0 Å². The van der Waals surface area contributed by atoms with Gasteiger partial charge in [-0.3, -0.25) is 0 Å². The maximum atomic E-state index is 5.17. The highest BCUT2D eigenvalue weighted by atomic mass is 16.5. The molecule has 0 aliphatic heterocycles. The van der Waals surface area contributed by atoms with Crippen molar-refractivity contribution in [1.29, 1.82) is 0 Å². The molecule has 1 atom stereocenters. The van der Waals surface area contributed by atoms with Gasteiger partial charge in [-0.2, -0.15) is 0 Å². The van der Waals surface area contributed by atoms with Crippen molar-refractivity contribution in [3.63, 3.8) is 0 Å². The van der Waals surface area contributed by atoms with Gasteiger partial charge in [-0.15, -0.1) is 0 Å². The largest absolute Gasteiger partial charge is 0.383 e. The SMILES string of the molecule is CCCCCCCCCCNC(CC)COC. The van der Waals surface area contributed by atoms with E-state index < -0.39 is 0 Å². The zero-order valence-electron chi connectivity index (χ0n) is 12.3. The van der Waals surface area contributed by atoms with E-state index in [1.807, 2.05) is 0 Å². The average molecular weight is 243 g/mol. The Bertz CT molecular complexity index is 139. The zero-order chi connectivity index (χ0) is 12.8. The van der Waals surface area contributed by atoms with Crippen LogP contribution in [0.25, 0.3) is 0 Å². The Hall–Kier alpha value is -0.0800. The van der Waals surface area contributed by atoms with Crippen LogP contribution in [0.4, 0.5) is 0 Å². The van der Waals surface area contributed by atoms with E-state index in [2.05, 4.69) is 19.2 Å². The van der Waals surface area contributed by atoms with E-state index in [1.54, 1.807) is 7.11 Å². The molecule has 0 bridgehead atoms. The average Bonchev–Trinajstić information content (AvgIpc) is 2.35. The Labute approximate surface area is 109 Å². The summed E-state index contributed by atoms with van der Waals surface area (Å²) in [5, 5.41) is 3.56. The molecule has 0 fully saturated rings. The van der Waals surface area contributed by atoms with Gasteiger partial charge in [0.05, 0.1) is 6.61 Å². The number of ether oxygens (including phenoxy) is 1. The van der Waals surface area contributed by atoms with E-state index in [0.717, 1.165) is 19.6 Å². The van der Waals surface area contributed by atoms with Gasteiger partial charge in [0.2, 0.25) is 0 Å². The van der Waals surface area contributed by atoms with Crippen molar-refractivity contribution >= 4 is 0 Å². The lowest BCUT2D eigenvalue weighted by Crippen LogP contribution is -2.33. The summed E-state index contributed by atoms with van der Waals surface area (Å²) in [7, 11) is 1.78. The van der Waals surface area contributed by atoms with Crippen molar-refractivity contribution in [2.75, 3.05) is 20.3 Å². The summed E-state index contributed by atoms with van der Waals surface area (Å²) >= 11 is 0.